The summed E-state index contributed by atoms with van der Waals surface area (Å²) >= 11 is 11.8. The van der Waals surface area contributed by atoms with Crippen LogP contribution < -0.4 is 5.32 Å². The van der Waals surface area contributed by atoms with Gasteiger partial charge < -0.3 is 5.32 Å². The molecule has 0 spiro atoms. The van der Waals surface area contributed by atoms with Gasteiger partial charge in [0, 0.05) is 17.5 Å². The number of amides is 1. The molecule has 19 heavy (non-hydrogen) atoms. The Hall–Kier alpha value is -1.65. The molecule has 2 rings (SSSR count). The summed E-state index contributed by atoms with van der Waals surface area (Å²) in [6.45, 7) is 1.94. The molecule has 0 fully saturated rings. The fourth-order valence-corrected chi connectivity index (χ4v) is 1.93. The van der Waals surface area contributed by atoms with E-state index in [0.29, 0.717) is 22.8 Å². The van der Waals surface area contributed by atoms with Crippen molar-refractivity contribution in [3.05, 3.63) is 52.0 Å². The van der Waals surface area contributed by atoms with Gasteiger partial charge in [-0.05, 0) is 30.7 Å². The second kappa shape index (κ2) is 5.99. The summed E-state index contributed by atoms with van der Waals surface area (Å²) in [7, 11) is 0. The largest absolute Gasteiger partial charge is 0.319 e. The standard InChI is InChI=1S/C13H11Cl2N3O/c1-2-9-6-8(7-11(14)17-9)13(19)18-10-4-3-5-16-12(10)15/h3-7H,2H2,1H3,(H,18,19). The highest BCUT2D eigenvalue weighted by Gasteiger charge is 2.11. The molecule has 0 aliphatic carbocycles. The molecule has 0 saturated heterocycles. The molecule has 0 bridgehead atoms. The zero-order valence-corrected chi connectivity index (χ0v) is 11.7. The number of halogens is 2. The number of nitrogens with zero attached hydrogens (tertiary/aromatic N) is 2. The summed E-state index contributed by atoms with van der Waals surface area (Å²) in [5.74, 6) is -0.297. The molecule has 0 unspecified atom stereocenters. The van der Waals surface area contributed by atoms with E-state index in [1.165, 1.54) is 6.07 Å². The van der Waals surface area contributed by atoms with E-state index in [4.69, 9.17) is 23.2 Å². The lowest BCUT2D eigenvalue weighted by Crippen LogP contribution is -2.13. The highest BCUT2D eigenvalue weighted by Crippen LogP contribution is 2.19. The molecule has 0 aliphatic heterocycles. The minimum Gasteiger partial charge on any atom is -0.319 e. The van der Waals surface area contributed by atoms with Crippen molar-refractivity contribution in [2.24, 2.45) is 0 Å². The van der Waals surface area contributed by atoms with Crippen LogP contribution in [0.25, 0.3) is 0 Å². The Morgan fingerprint density at radius 1 is 1.37 bits per heavy atom. The predicted octanol–water partition coefficient (Wildman–Crippen LogP) is 3.60. The van der Waals surface area contributed by atoms with E-state index in [-0.39, 0.29) is 11.1 Å². The van der Waals surface area contributed by atoms with Gasteiger partial charge in [-0.15, -0.1) is 0 Å². The molecular weight excluding hydrogens is 285 g/mol. The number of aromatic nitrogens is 2. The second-order valence-corrected chi connectivity index (χ2v) is 4.56. The van der Waals surface area contributed by atoms with Crippen molar-refractivity contribution < 1.29 is 4.79 Å². The molecule has 2 aromatic rings. The van der Waals surface area contributed by atoms with Gasteiger partial charge in [0.25, 0.3) is 5.91 Å². The number of hydrogen-bond donors (Lipinski definition) is 1. The Bertz CT molecular complexity index is 617. The van der Waals surface area contributed by atoms with Gasteiger partial charge in [0.15, 0.2) is 5.15 Å². The highest BCUT2D eigenvalue weighted by molar-refractivity contribution is 6.32. The van der Waals surface area contributed by atoms with Crippen LogP contribution in [0.15, 0.2) is 30.5 Å². The van der Waals surface area contributed by atoms with Crippen molar-refractivity contribution in [3.8, 4) is 0 Å². The van der Waals surface area contributed by atoms with Gasteiger partial charge in [0.2, 0.25) is 0 Å². The summed E-state index contributed by atoms with van der Waals surface area (Å²) in [5, 5.41) is 3.22. The van der Waals surface area contributed by atoms with Gasteiger partial charge >= 0.3 is 0 Å². The molecule has 4 nitrogen and oxygen atoms in total. The van der Waals surface area contributed by atoms with Gasteiger partial charge in [0.1, 0.15) is 5.15 Å². The molecule has 2 aromatic heterocycles. The number of rotatable bonds is 3. The Kier molecular flexibility index (Phi) is 4.35. The lowest BCUT2D eigenvalue weighted by molar-refractivity contribution is 0.102. The zero-order chi connectivity index (χ0) is 13.8. The molecule has 0 atom stereocenters. The number of anilines is 1. The first-order valence-corrected chi connectivity index (χ1v) is 6.44. The number of nitrogens with one attached hydrogen (secondary N) is 1. The van der Waals surface area contributed by atoms with E-state index in [1.54, 1.807) is 24.4 Å². The smallest absolute Gasteiger partial charge is 0.255 e. The van der Waals surface area contributed by atoms with E-state index in [2.05, 4.69) is 15.3 Å². The second-order valence-electron chi connectivity index (χ2n) is 3.82. The topological polar surface area (TPSA) is 54.9 Å². The fraction of sp³-hybridized carbons (Fsp3) is 0.154. The lowest BCUT2D eigenvalue weighted by atomic mass is 10.2. The molecule has 0 radical (unpaired) electrons. The number of aryl methyl sites for hydroxylation is 1. The molecule has 6 heteroatoms. The maximum Gasteiger partial charge on any atom is 0.255 e. The average Bonchev–Trinajstić information content (AvgIpc) is 2.40. The summed E-state index contributed by atoms with van der Waals surface area (Å²) in [6, 6.07) is 6.58. The van der Waals surface area contributed by atoms with E-state index in [0.717, 1.165) is 5.69 Å². The number of carbonyl (C=O) groups excluding carboxylic acids is 1. The first-order valence-electron chi connectivity index (χ1n) is 5.68. The van der Waals surface area contributed by atoms with Gasteiger partial charge in [-0.2, -0.15) is 0 Å². The molecule has 2 heterocycles. The third kappa shape index (κ3) is 3.43. The van der Waals surface area contributed by atoms with Crippen molar-refractivity contribution >= 4 is 34.8 Å². The van der Waals surface area contributed by atoms with Gasteiger partial charge in [-0.3, -0.25) is 4.79 Å². The Morgan fingerprint density at radius 2 is 2.16 bits per heavy atom. The molecular formula is C13H11Cl2N3O. The molecule has 1 amide bonds. The lowest BCUT2D eigenvalue weighted by Gasteiger charge is -2.07. The van der Waals surface area contributed by atoms with Crippen molar-refractivity contribution in [3.63, 3.8) is 0 Å². The number of hydrogen-bond acceptors (Lipinski definition) is 3. The zero-order valence-electron chi connectivity index (χ0n) is 10.2. The first kappa shape index (κ1) is 13.8. The third-order valence-electron chi connectivity index (χ3n) is 2.48. The van der Waals surface area contributed by atoms with Gasteiger partial charge in [0.05, 0.1) is 5.69 Å². The molecule has 0 aromatic carbocycles. The van der Waals surface area contributed by atoms with E-state index >= 15 is 0 Å². The van der Waals surface area contributed by atoms with Crippen LogP contribution in [0.3, 0.4) is 0 Å². The maximum atomic E-state index is 12.1. The van der Waals surface area contributed by atoms with Gasteiger partial charge in [-0.25, -0.2) is 9.97 Å². The molecule has 98 valence electrons. The number of pyridine rings is 2. The summed E-state index contributed by atoms with van der Waals surface area (Å²) in [5.41, 5.74) is 1.66. The van der Waals surface area contributed by atoms with Crippen molar-refractivity contribution in [2.75, 3.05) is 5.32 Å². The average molecular weight is 296 g/mol. The molecule has 0 aliphatic rings. The van der Waals surface area contributed by atoms with Crippen molar-refractivity contribution in [1.29, 1.82) is 0 Å². The quantitative estimate of drug-likeness (QED) is 0.880. The summed E-state index contributed by atoms with van der Waals surface area (Å²) in [6.07, 6.45) is 2.25. The van der Waals surface area contributed by atoms with E-state index in [9.17, 15) is 4.79 Å². The Balaban J connectivity index is 2.25. The molecule has 0 saturated carbocycles. The Labute approximate surface area is 120 Å². The maximum absolute atomic E-state index is 12.1. The van der Waals surface area contributed by atoms with E-state index in [1.807, 2.05) is 6.92 Å². The van der Waals surface area contributed by atoms with Crippen LogP contribution in [0.1, 0.15) is 23.0 Å². The highest BCUT2D eigenvalue weighted by atomic mass is 35.5. The normalized spacial score (nSPS) is 10.3. The number of carbonyl (C=O) groups is 1. The van der Waals surface area contributed by atoms with Crippen LogP contribution >= 0.6 is 23.2 Å². The van der Waals surface area contributed by atoms with Crippen LogP contribution in [0, 0.1) is 0 Å². The van der Waals surface area contributed by atoms with Crippen LogP contribution in [0.5, 0.6) is 0 Å². The first-order chi connectivity index (χ1) is 9.10. The summed E-state index contributed by atoms with van der Waals surface area (Å²) < 4.78 is 0. The van der Waals surface area contributed by atoms with Gasteiger partial charge in [-0.1, -0.05) is 30.1 Å². The predicted molar refractivity (Wildman–Crippen MR) is 75.8 cm³/mol. The van der Waals surface area contributed by atoms with Crippen LogP contribution in [0.2, 0.25) is 10.3 Å². The van der Waals surface area contributed by atoms with Crippen LogP contribution in [-0.4, -0.2) is 15.9 Å². The monoisotopic (exact) mass is 295 g/mol. The summed E-state index contributed by atoms with van der Waals surface area (Å²) in [4.78, 5) is 20.1. The third-order valence-corrected chi connectivity index (χ3v) is 2.97. The van der Waals surface area contributed by atoms with Crippen molar-refractivity contribution in [1.82, 2.24) is 9.97 Å². The SMILES string of the molecule is CCc1cc(C(=O)Nc2cccnc2Cl)cc(Cl)n1. The minimum absolute atomic E-state index is 0.242. The van der Waals surface area contributed by atoms with E-state index < -0.39 is 0 Å². The van der Waals surface area contributed by atoms with Crippen molar-refractivity contribution in [2.45, 2.75) is 13.3 Å². The Morgan fingerprint density at radius 3 is 2.84 bits per heavy atom. The fourth-order valence-electron chi connectivity index (χ4n) is 1.54. The molecule has 1 N–H and O–H groups in total. The minimum atomic E-state index is -0.297. The van der Waals surface area contributed by atoms with Crippen LogP contribution in [-0.2, 0) is 6.42 Å². The van der Waals surface area contributed by atoms with Crippen LogP contribution in [0.4, 0.5) is 5.69 Å².